The highest BCUT2D eigenvalue weighted by molar-refractivity contribution is 4.97. The maximum Gasteiger partial charge on any atom is 0.0332 e. The van der Waals surface area contributed by atoms with Crippen molar-refractivity contribution >= 4 is 0 Å². The van der Waals surface area contributed by atoms with E-state index in [0.29, 0.717) is 5.54 Å². The Balaban J connectivity index is 2.00. The zero-order chi connectivity index (χ0) is 13.2. The number of rotatable bonds is 3. The van der Waals surface area contributed by atoms with Gasteiger partial charge in [-0.25, -0.2) is 0 Å². The van der Waals surface area contributed by atoms with Gasteiger partial charge in [0.05, 0.1) is 0 Å². The van der Waals surface area contributed by atoms with Crippen LogP contribution in [0.25, 0.3) is 0 Å². The van der Waals surface area contributed by atoms with Crippen molar-refractivity contribution in [1.82, 2.24) is 4.90 Å². The second-order valence-electron chi connectivity index (χ2n) is 6.97. The molecule has 2 nitrogen and oxygen atoms in total. The molecule has 1 aliphatic heterocycles. The molecule has 0 bridgehead atoms. The van der Waals surface area contributed by atoms with Gasteiger partial charge in [-0.1, -0.05) is 27.2 Å². The Bertz CT molecular complexity index is 256. The SMILES string of the molecule is CCC1CCC(CN)(N2CCC(C)C(C)C2)CC1. The van der Waals surface area contributed by atoms with Crippen molar-refractivity contribution in [1.29, 1.82) is 0 Å². The molecule has 2 aliphatic rings. The summed E-state index contributed by atoms with van der Waals surface area (Å²) < 4.78 is 0. The van der Waals surface area contributed by atoms with Crippen molar-refractivity contribution < 1.29 is 0 Å². The first-order valence-corrected chi connectivity index (χ1v) is 8.06. The molecule has 2 unspecified atom stereocenters. The van der Waals surface area contributed by atoms with Gasteiger partial charge in [0.15, 0.2) is 0 Å². The fourth-order valence-electron chi connectivity index (χ4n) is 3.97. The van der Waals surface area contributed by atoms with E-state index in [1.54, 1.807) is 0 Å². The Hall–Kier alpha value is -0.0800. The normalized spacial score (nSPS) is 43.0. The second-order valence-corrected chi connectivity index (χ2v) is 6.97. The van der Waals surface area contributed by atoms with Gasteiger partial charge in [0, 0.05) is 18.6 Å². The molecule has 0 aromatic rings. The molecule has 0 aromatic carbocycles. The van der Waals surface area contributed by atoms with Crippen LogP contribution in [0.2, 0.25) is 0 Å². The summed E-state index contributed by atoms with van der Waals surface area (Å²) in [5.41, 5.74) is 6.54. The average Bonchev–Trinajstić information content (AvgIpc) is 2.42. The molecule has 0 spiro atoms. The van der Waals surface area contributed by atoms with Gasteiger partial charge in [0.2, 0.25) is 0 Å². The third-order valence-electron chi connectivity index (χ3n) is 6.00. The molecule has 18 heavy (non-hydrogen) atoms. The van der Waals surface area contributed by atoms with Crippen LogP contribution >= 0.6 is 0 Å². The fraction of sp³-hybridized carbons (Fsp3) is 1.00. The minimum absolute atomic E-state index is 0.347. The lowest BCUT2D eigenvalue weighted by atomic mass is 9.73. The summed E-state index contributed by atoms with van der Waals surface area (Å²) in [5.74, 6) is 2.69. The van der Waals surface area contributed by atoms with E-state index in [4.69, 9.17) is 5.73 Å². The number of hydrogen-bond acceptors (Lipinski definition) is 2. The van der Waals surface area contributed by atoms with Crippen molar-refractivity contribution in [3.05, 3.63) is 0 Å². The lowest BCUT2D eigenvalue weighted by molar-refractivity contribution is -0.00234. The van der Waals surface area contributed by atoms with Crippen LogP contribution < -0.4 is 5.73 Å². The average molecular weight is 252 g/mol. The van der Waals surface area contributed by atoms with Crippen molar-refractivity contribution in [3.8, 4) is 0 Å². The first-order chi connectivity index (χ1) is 8.61. The summed E-state index contributed by atoms with van der Waals surface area (Å²) in [6.07, 6.45) is 8.18. The minimum atomic E-state index is 0.347. The molecule has 2 N–H and O–H groups in total. The van der Waals surface area contributed by atoms with Crippen molar-refractivity contribution in [2.24, 2.45) is 23.5 Å². The van der Waals surface area contributed by atoms with Gasteiger partial charge in [-0.2, -0.15) is 0 Å². The third-order valence-corrected chi connectivity index (χ3v) is 6.00. The van der Waals surface area contributed by atoms with E-state index >= 15 is 0 Å². The van der Waals surface area contributed by atoms with Gasteiger partial charge in [0.1, 0.15) is 0 Å². The van der Waals surface area contributed by atoms with Crippen molar-refractivity contribution in [2.45, 2.75) is 64.8 Å². The molecule has 2 rings (SSSR count). The maximum absolute atomic E-state index is 6.19. The van der Waals surface area contributed by atoms with Gasteiger partial charge < -0.3 is 5.73 Å². The molecule has 0 aromatic heterocycles. The van der Waals surface area contributed by atoms with Gasteiger partial charge in [-0.05, 0) is 56.4 Å². The topological polar surface area (TPSA) is 29.3 Å². The van der Waals surface area contributed by atoms with Crippen molar-refractivity contribution in [2.75, 3.05) is 19.6 Å². The zero-order valence-corrected chi connectivity index (χ0v) is 12.6. The summed E-state index contributed by atoms with van der Waals surface area (Å²) in [6, 6.07) is 0. The zero-order valence-electron chi connectivity index (χ0n) is 12.6. The van der Waals surface area contributed by atoms with E-state index < -0.39 is 0 Å². The van der Waals surface area contributed by atoms with Gasteiger partial charge in [-0.3, -0.25) is 4.90 Å². The molecule has 0 amide bonds. The lowest BCUT2D eigenvalue weighted by Crippen LogP contribution is -2.59. The van der Waals surface area contributed by atoms with Crippen LogP contribution in [0.15, 0.2) is 0 Å². The van der Waals surface area contributed by atoms with Crippen LogP contribution in [0, 0.1) is 17.8 Å². The molecule has 0 radical (unpaired) electrons. The summed E-state index contributed by atoms with van der Waals surface area (Å²) in [6.45, 7) is 10.6. The van der Waals surface area contributed by atoms with Crippen LogP contribution in [-0.4, -0.2) is 30.1 Å². The smallest absolute Gasteiger partial charge is 0.0332 e. The molecule has 1 aliphatic carbocycles. The molecule has 106 valence electrons. The lowest BCUT2D eigenvalue weighted by Gasteiger charge is -2.51. The van der Waals surface area contributed by atoms with Gasteiger partial charge in [-0.15, -0.1) is 0 Å². The Morgan fingerprint density at radius 2 is 1.78 bits per heavy atom. The molecular formula is C16H32N2. The van der Waals surface area contributed by atoms with Crippen molar-refractivity contribution in [3.63, 3.8) is 0 Å². The second kappa shape index (κ2) is 5.92. The third kappa shape index (κ3) is 2.75. The summed E-state index contributed by atoms with van der Waals surface area (Å²) in [7, 11) is 0. The van der Waals surface area contributed by atoms with Crippen LogP contribution in [0.5, 0.6) is 0 Å². The van der Waals surface area contributed by atoms with E-state index in [-0.39, 0.29) is 0 Å². The van der Waals surface area contributed by atoms with E-state index in [9.17, 15) is 0 Å². The van der Waals surface area contributed by atoms with Gasteiger partial charge in [0.25, 0.3) is 0 Å². The van der Waals surface area contributed by atoms with Crippen LogP contribution in [0.4, 0.5) is 0 Å². The van der Waals surface area contributed by atoms with E-state index in [1.807, 2.05) is 0 Å². The summed E-state index contributed by atoms with van der Waals surface area (Å²) in [5, 5.41) is 0. The first-order valence-electron chi connectivity index (χ1n) is 8.06. The number of nitrogens with zero attached hydrogens (tertiary/aromatic N) is 1. The Morgan fingerprint density at radius 3 is 2.28 bits per heavy atom. The molecular weight excluding hydrogens is 220 g/mol. The monoisotopic (exact) mass is 252 g/mol. The quantitative estimate of drug-likeness (QED) is 0.835. The molecule has 2 heteroatoms. The molecule has 2 fully saturated rings. The molecule has 1 saturated heterocycles. The predicted molar refractivity (Wildman–Crippen MR) is 78.6 cm³/mol. The minimum Gasteiger partial charge on any atom is -0.329 e. The first kappa shape index (κ1) is 14.3. The number of piperidine rings is 1. The molecule has 2 atom stereocenters. The summed E-state index contributed by atoms with van der Waals surface area (Å²) in [4.78, 5) is 2.75. The number of hydrogen-bond donors (Lipinski definition) is 1. The van der Waals surface area contributed by atoms with E-state index in [1.165, 1.54) is 51.6 Å². The maximum atomic E-state index is 6.19. The van der Waals surface area contributed by atoms with Gasteiger partial charge >= 0.3 is 0 Å². The highest BCUT2D eigenvalue weighted by Crippen LogP contribution is 2.39. The predicted octanol–water partition coefficient (Wildman–Crippen LogP) is 3.26. The highest BCUT2D eigenvalue weighted by atomic mass is 15.2. The highest BCUT2D eigenvalue weighted by Gasteiger charge is 2.41. The molecule has 1 heterocycles. The van der Waals surface area contributed by atoms with E-state index in [0.717, 1.165) is 24.3 Å². The fourth-order valence-corrected chi connectivity index (χ4v) is 3.97. The van der Waals surface area contributed by atoms with Crippen LogP contribution in [0.3, 0.4) is 0 Å². The Morgan fingerprint density at radius 1 is 1.11 bits per heavy atom. The standard InChI is InChI=1S/C16H32N2/c1-4-15-5-8-16(12-17,9-6-15)18-10-7-13(2)14(3)11-18/h13-15H,4-12,17H2,1-3H3. The largest absolute Gasteiger partial charge is 0.329 e. The summed E-state index contributed by atoms with van der Waals surface area (Å²) >= 11 is 0. The number of nitrogens with two attached hydrogens (primary N) is 1. The number of likely N-dealkylation sites (tertiary alicyclic amines) is 1. The Kier molecular flexibility index (Phi) is 4.71. The molecule has 1 saturated carbocycles. The van der Waals surface area contributed by atoms with E-state index in [2.05, 4.69) is 25.7 Å². The Labute approximate surface area is 113 Å². The van der Waals surface area contributed by atoms with Crippen LogP contribution in [-0.2, 0) is 0 Å². The van der Waals surface area contributed by atoms with Crippen LogP contribution in [0.1, 0.15) is 59.3 Å².